The summed E-state index contributed by atoms with van der Waals surface area (Å²) < 4.78 is 0. The van der Waals surface area contributed by atoms with Crippen LogP contribution in [0, 0.1) is 11.3 Å². The molecule has 0 atom stereocenters. The topological polar surface area (TPSA) is 75.4 Å². The minimum absolute atomic E-state index is 0.0484. The lowest BCUT2D eigenvalue weighted by atomic mass is 9.86. The maximum atomic E-state index is 13.4. The zero-order chi connectivity index (χ0) is 23.0. The molecule has 0 unspecified atom stereocenters. The first-order chi connectivity index (χ1) is 15.4. The van der Waals surface area contributed by atoms with E-state index in [0.29, 0.717) is 26.1 Å². The van der Waals surface area contributed by atoms with Crippen LogP contribution in [0.4, 0.5) is 5.69 Å². The summed E-state index contributed by atoms with van der Waals surface area (Å²) in [5.41, 5.74) is 8.59. The monoisotopic (exact) mass is 435 g/mol. The molecule has 0 radical (unpaired) electrons. The van der Waals surface area contributed by atoms with Gasteiger partial charge in [0, 0.05) is 24.7 Å². The van der Waals surface area contributed by atoms with Crippen molar-refractivity contribution in [3.63, 3.8) is 0 Å². The Morgan fingerprint density at radius 1 is 1.00 bits per heavy atom. The van der Waals surface area contributed by atoms with E-state index in [1.54, 1.807) is 0 Å². The molecule has 1 fully saturated rings. The first-order valence-electron chi connectivity index (χ1n) is 11.8. The normalized spacial score (nSPS) is 14.7. The molecule has 5 heteroatoms. The Balaban J connectivity index is 1.69. The SMILES string of the molecule is CC(C)(CN)CN(Cc1cccc(NC(=O)Cc2ccccc2)c1)C(=O)C1CCCCC1. The number of amides is 2. The van der Waals surface area contributed by atoms with Gasteiger partial charge in [-0.3, -0.25) is 9.59 Å². The standard InChI is InChI=1S/C27H37N3O2/c1-27(2,19-28)20-30(26(32)23-13-7-4-8-14-23)18-22-12-9-15-24(16-22)29-25(31)17-21-10-5-3-6-11-21/h3,5-6,9-12,15-16,23H,4,7-8,13-14,17-20,28H2,1-2H3,(H,29,31). The second-order valence-electron chi connectivity index (χ2n) is 9.81. The van der Waals surface area contributed by atoms with Crippen molar-refractivity contribution in [2.45, 2.75) is 58.9 Å². The molecule has 1 aliphatic rings. The highest BCUT2D eigenvalue weighted by atomic mass is 16.2. The van der Waals surface area contributed by atoms with Gasteiger partial charge < -0.3 is 16.0 Å². The van der Waals surface area contributed by atoms with Gasteiger partial charge >= 0.3 is 0 Å². The number of anilines is 1. The number of nitrogens with zero attached hydrogens (tertiary/aromatic N) is 1. The van der Waals surface area contributed by atoms with Crippen molar-refractivity contribution in [1.82, 2.24) is 4.90 Å². The molecule has 2 aromatic rings. The second-order valence-corrected chi connectivity index (χ2v) is 9.81. The molecule has 172 valence electrons. The van der Waals surface area contributed by atoms with Crippen molar-refractivity contribution in [1.29, 1.82) is 0 Å². The van der Waals surface area contributed by atoms with Gasteiger partial charge in [-0.15, -0.1) is 0 Å². The number of rotatable bonds is 9. The van der Waals surface area contributed by atoms with Crippen LogP contribution < -0.4 is 11.1 Å². The van der Waals surface area contributed by atoms with Gasteiger partial charge in [0.2, 0.25) is 11.8 Å². The molecule has 0 heterocycles. The van der Waals surface area contributed by atoms with Crippen LogP contribution in [0.1, 0.15) is 57.1 Å². The summed E-state index contributed by atoms with van der Waals surface area (Å²) in [6, 6.07) is 17.5. The summed E-state index contributed by atoms with van der Waals surface area (Å²) in [7, 11) is 0. The molecular weight excluding hydrogens is 398 g/mol. The minimum atomic E-state index is -0.147. The molecule has 5 nitrogen and oxygen atoms in total. The highest BCUT2D eigenvalue weighted by Crippen LogP contribution is 2.28. The molecule has 2 aromatic carbocycles. The van der Waals surface area contributed by atoms with Crippen LogP contribution in [0.25, 0.3) is 0 Å². The summed E-state index contributed by atoms with van der Waals surface area (Å²) >= 11 is 0. The lowest BCUT2D eigenvalue weighted by molar-refractivity contribution is -0.138. The number of hydrogen-bond acceptors (Lipinski definition) is 3. The van der Waals surface area contributed by atoms with E-state index in [1.807, 2.05) is 59.5 Å². The van der Waals surface area contributed by atoms with Crippen LogP contribution in [-0.4, -0.2) is 29.8 Å². The van der Waals surface area contributed by atoms with Crippen LogP contribution in [0.2, 0.25) is 0 Å². The number of carbonyl (C=O) groups excluding carboxylic acids is 2. The Hall–Kier alpha value is -2.66. The molecule has 0 aromatic heterocycles. The van der Waals surface area contributed by atoms with Crippen LogP contribution in [0.3, 0.4) is 0 Å². The average Bonchev–Trinajstić information content (AvgIpc) is 2.79. The number of carbonyl (C=O) groups is 2. The Labute approximate surface area is 192 Å². The van der Waals surface area contributed by atoms with Gasteiger partial charge in [0.25, 0.3) is 0 Å². The Kier molecular flexibility index (Phi) is 8.46. The van der Waals surface area contributed by atoms with Crippen molar-refractivity contribution in [2.24, 2.45) is 17.1 Å². The third-order valence-electron chi connectivity index (χ3n) is 6.23. The molecule has 0 aliphatic heterocycles. The fourth-order valence-corrected chi connectivity index (χ4v) is 4.35. The molecule has 1 saturated carbocycles. The van der Waals surface area contributed by atoms with E-state index in [4.69, 9.17) is 5.73 Å². The highest BCUT2D eigenvalue weighted by Gasteiger charge is 2.30. The zero-order valence-corrected chi connectivity index (χ0v) is 19.5. The van der Waals surface area contributed by atoms with E-state index in [1.165, 1.54) is 6.42 Å². The quantitative estimate of drug-likeness (QED) is 0.596. The number of hydrogen-bond donors (Lipinski definition) is 2. The lowest BCUT2D eigenvalue weighted by Crippen LogP contribution is -2.44. The Bertz CT molecular complexity index is 889. The first kappa shape index (κ1) is 24.0. The van der Waals surface area contributed by atoms with Crippen molar-refractivity contribution in [3.05, 3.63) is 65.7 Å². The summed E-state index contributed by atoms with van der Waals surface area (Å²) in [5, 5.41) is 2.99. The van der Waals surface area contributed by atoms with Gasteiger partial charge in [-0.2, -0.15) is 0 Å². The molecule has 2 amide bonds. The Morgan fingerprint density at radius 3 is 2.38 bits per heavy atom. The van der Waals surface area contributed by atoms with E-state index in [0.717, 1.165) is 42.5 Å². The predicted octanol–water partition coefficient (Wildman–Crippen LogP) is 4.76. The number of nitrogens with two attached hydrogens (primary N) is 1. The van der Waals surface area contributed by atoms with E-state index in [-0.39, 0.29) is 23.1 Å². The number of benzene rings is 2. The largest absolute Gasteiger partial charge is 0.338 e. The van der Waals surface area contributed by atoms with E-state index < -0.39 is 0 Å². The van der Waals surface area contributed by atoms with Gasteiger partial charge in [0.15, 0.2) is 0 Å². The molecule has 32 heavy (non-hydrogen) atoms. The molecule has 0 saturated heterocycles. The van der Waals surface area contributed by atoms with Gasteiger partial charge in [0.1, 0.15) is 0 Å². The van der Waals surface area contributed by atoms with Crippen molar-refractivity contribution in [2.75, 3.05) is 18.4 Å². The molecule has 0 bridgehead atoms. The third-order valence-corrected chi connectivity index (χ3v) is 6.23. The van der Waals surface area contributed by atoms with Gasteiger partial charge in [-0.05, 0) is 48.1 Å². The molecule has 1 aliphatic carbocycles. The zero-order valence-electron chi connectivity index (χ0n) is 19.5. The van der Waals surface area contributed by atoms with E-state index in [2.05, 4.69) is 19.2 Å². The lowest BCUT2D eigenvalue weighted by Gasteiger charge is -2.35. The summed E-state index contributed by atoms with van der Waals surface area (Å²) in [6.07, 6.45) is 5.79. The molecular formula is C27H37N3O2. The van der Waals surface area contributed by atoms with Crippen LogP contribution in [-0.2, 0) is 22.6 Å². The second kappa shape index (κ2) is 11.3. The predicted molar refractivity (Wildman–Crippen MR) is 130 cm³/mol. The van der Waals surface area contributed by atoms with Crippen LogP contribution >= 0.6 is 0 Å². The molecule has 3 rings (SSSR count). The van der Waals surface area contributed by atoms with E-state index >= 15 is 0 Å². The van der Waals surface area contributed by atoms with Gasteiger partial charge in [0.05, 0.1) is 6.42 Å². The maximum absolute atomic E-state index is 13.4. The minimum Gasteiger partial charge on any atom is -0.338 e. The van der Waals surface area contributed by atoms with Crippen LogP contribution in [0.15, 0.2) is 54.6 Å². The fourth-order valence-electron chi connectivity index (χ4n) is 4.35. The fraction of sp³-hybridized carbons (Fsp3) is 0.481. The molecule has 0 spiro atoms. The van der Waals surface area contributed by atoms with Gasteiger partial charge in [-0.1, -0.05) is 75.6 Å². The van der Waals surface area contributed by atoms with E-state index in [9.17, 15) is 9.59 Å². The number of nitrogens with one attached hydrogen (secondary N) is 1. The van der Waals surface area contributed by atoms with Crippen molar-refractivity contribution >= 4 is 17.5 Å². The van der Waals surface area contributed by atoms with Crippen molar-refractivity contribution < 1.29 is 9.59 Å². The van der Waals surface area contributed by atoms with Gasteiger partial charge in [-0.25, -0.2) is 0 Å². The van der Waals surface area contributed by atoms with Crippen LogP contribution in [0.5, 0.6) is 0 Å². The molecule has 3 N–H and O–H groups in total. The summed E-state index contributed by atoms with van der Waals surface area (Å²) in [4.78, 5) is 27.8. The first-order valence-corrected chi connectivity index (χ1v) is 11.8. The van der Waals surface area contributed by atoms with Crippen molar-refractivity contribution in [3.8, 4) is 0 Å². The third kappa shape index (κ3) is 7.20. The maximum Gasteiger partial charge on any atom is 0.228 e. The Morgan fingerprint density at radius 2 is 1.69 bits per heavy atom. The average molecular weight is 436 g/mol. The highest BCUT2D eigenvalue weighted by molar-refractivity contribution is 5.92. The summed E-state index contributed by atoms with van der Waals surface area (Å²) in [5.74, 6) is 0.309. The summed E-state index contributed by atoms with van der Waals surface area (Å²) in [6.45, 7) is 5.89. The smallest absolute Gasteiger partial charge is 0.228 e.